The quantitative estimate of drug-likeness (QED) is 0.713. The summed E-state index contributed by atoms with van der Waals surface area (Å²) in [5, 5.41) is 2.90. The number of carbonyl (C=O) groups is 1. The van der Waals surface area contributed by atoms with Gasteiger partial charge >= 0.3 is 0 Å². The molecule has 3 heteroatoms. The van der Waals surface area contributed by atoms with Crippen molar-refractivity contribution in [1.82, 2.24) is 5.32 Å². The van der Waals surface area contributed by atoms with Crippen molar-refractivity contribution in [3.63, 3.8) is 0 Å². The highest BCUT2D eigenvalue weighted by molar-refractivity contribution is 5.78. The van der Waals surface area contributed by atoms with E-state index in [1.54, 1.807) is 7.11 Å². The second-order valence-electron chi connectivity index (χ2n) is 3.71. The molecular formula is C13H19NO2. The summed E-state index contributed by atoms with van der Waals surface area (Å²) in [6.45, 7) is 1.49. The number of hydrogen-bond donors (Lipinski definition) is 1. The van der Waals surface area contributed by atoms with Gasteiger partial charge in [0, 0.05) is 20.3 Å². The average molecular weight is 221 g/mol. The maximum atomic E-state index is 11.5. The van der Waals surface area contributed by atoms with Crippen molar-refractivity contribution in [2.45, 2.75) is 19.3 Å². The first-order chi connectivity index (χ1) is 7.83. The van der Waals surface area contributed by atoms with Crippen LogP contribution >= 0.6 is 0 Å². The average Bonchev–Trinajstić information content (AvgIpc) is 2.30. The van der Waals surface area contributed by atoms with Crippen LogP contribution in [0.25, 0.3) is 0 Å². The Balaban J connectivity index is 2.12. The van der Waals surface area contributed by atoms with Crippen LogP contribution in [0.5, 0.6) is 0 Å². The lowest BCUT2D eigenvalue weighted by Gasteiger charge is -2.04. The fourth-order valence-electron chi connectivity index (χ4n) is 1.44. The third kappa shape index (κ3) is 5.51. The number of rotatable bonds is 7. The first-order valence-electron chi connectivity index (χ1n) is 5.62. The fourth-order valence-corrected chi connectivity index (χ4v) is 1.44. The highest BCUT2D eigenvalue weighted by Crippen LogP contribution is 1.99. The molecule has 0 fully saturated rings. The molecule has 0 heterocycles. The molecule has 0 saturated heterocycles. The molecule has 0 aromatic heterocycles. The molecule has 0 bridgehead atoms. The number of methoxy groups -OCH3 is 1. The Morgan fingerprint density at radius 1 is 1.25 bits per heavy atom. The van der Waals surface area contributed by atoms with E-state index in [1.165, 1.54) is 0 Å². The van der Waals surface area contributed by atoms with Gasteiger partial charge in [0.2, 0.25) is 5.91 Å². The van der Waals surface area contributed by atoms with Crippen molar-refractivity contribution >= 4 is 5.91 Å². The van der Waals surface area contributed by atoms with E-state index in [-0.39, 0.29) is 5.91 Å². The van der Waals surface area contributed by atoms with Crippen LogP contribution in [0.3, 0.4) is 0 Å². The van der Waals surface area contributed by atoms with Crippen molar-refractivity contribution < 1.29 is 9.53 Å². The zero-order chi connectivity index (χ0) is 11.6. The van der Waals surface area contributed by atoms with Gasteiger partial charge < -0.3 is 10.1 Å². The summed E-state index contributed by atoms with van der Waals surface area (Å²) in [4.78, 5) is 11.5. The third-order valence-corrected chi connectivity index (χ3v) is 2.30. The van der Waals surface area contributed by atoms with E-state index in [1.807, 2.05) is 30.3 Å². The monoisotopic (exact) mass is 221 g/mol. The van der Waals surface area contributed by atoms with Gasteiger partial charge in [-0.2, -0.15) is 0 Å². The SMILES string of the molecule is COCCCCNC(=O)Cc1ccccc1. The molecular weight excluding hydrogens is 202 g/mol. The molecule has 0 aliphatic heterocycles. The Bertz CT molecular complexity index is 298. The highest BCUT2D eigenvalue weighted by atomic mass is 16.5. The minimum absolute atomic E-state index is 0.0867. The third-order valence-electron chi connectivity index (χ3n) is 2.30. The molecule has 1 rings (SSSR count). The lowest BCUT2D eigenvalue weighted by atomic mass is 10.1. The van der Waals surface area contributed by atoms with Crippen LogP contribution in [0.4, 0.5) is 0 Å². The van der Waals surface area contributed by atoms with Gasteiger partial charge in [-0.05, 0) is 18.4 Å². The summed E-state index contributed by atoms with van der Waals surface area (Å²) in [5.41, 5.74) is 1.05. The molecule has 0 aliphatic rings. The van der Waals surface area contributed by atoms with Crippen LogP contribution in [0.15, 0.2) is 30.3 Å². The van der Waals surface area contributed by atoms with E-state index in [9.17, 15) is 4.79 Å². The van der Waals surface area contributed by atoms with Crippen LogP contribution in [-0.2, 0) is 16.0 Å². The Labute approximate surface area is 96.8 Å². The minimum atomic E-state index is 0.0867. The first-order valence-corrected chi connectivity index (χ1v) is 5.62. The van der Waals surface area contributed by atoms with Crippen molar-refractivity contribution in [1.29, 1.82) is 0 Å². The zero-order valence-electron chi connectivity index (χ0n) is 9.74. The van der Waals surface area contributed by atoms with E-state index in [0.29, 0.717) is 6.42 Å². The zero-order valence-corrected chi connectivity index (χ0v) is 9.74. The van der Waals surface area contributed by atoms with E-state index in [0.717, 1.165) is 31.6 Å². The molecule has 1 amide bonds. The van der Waals surface area contributed by atoms with Gasteiger partial charge in [-0.25, -0.2) is 0 Å². The topological polar surface area (TPSA) is 38.3 Å². The molecule has 0 saturated carbocycles. The largest absolute Gasteiger partial charge is 0.385 e. The van der Waals surface area contributed by atoms with Gasteiger partial charge in [0.15, 0.2) is 0 Å². The predicted octanol–water partition coefficient (Wildman–Crippen LogP) is 1.77. The Morgan fingerprint density at radius 2 is 2.00 bits per heavy atom. The molecule has 16 heavy (non-hydrogen) atoms. The smallest absolute Gasteiger partial charge is 0.224 e. The van der Waals surface area contributed by atoms with Crippen LogP contribution in [-0.4, -0.2) is 26.2 Å². The molecule has 88 valence electrons. The number of nitrogens with one attached hydrogen (secondary N) is 1. The van der Waals surface area contributed by atoms with E-state index >= 15 is 0 Å². The summed E-state index contributed by atoms with van der Waals surface area (Å²) >= 11 is 0. The maximum Gasteiger partial charge on any atom is 0.224 e. The maximum absolute atomic E-state index is 11.5. The molecule has 0 spiro atoms. The second kappa shape index (κ2) is 7.88. The Kier molecular flexibility index (Phi) is 6.26. The van der Waals surface area contributed by atoms with Crippen molar-refractivity contribution in [2.24, 2.45) is 0 Å². The van der Waals surface area contributed by atoms with E-state index in [4.69, 9.17) is 4.74 Å². The summed E-state index contributed by atoms with van der Waals surface area (Å²) in [5.74, 6) is 0.0867. The molecule has 1 N–H and O–H groups in total. The molecule has 1 aromatic rings. The molecule has 3 nitrogen and oxygen atoms in total. The molecule has 0 atom stereocenters. The minimum Gasteiger partial charge on any atom is -0.385 e. The number of unbranched alkanes of at least 4 members (excludes halogenated alkanes) is 1. The summed E-state index contributed by atoms with van der Waals surface area (Å²) in [6, 6.07) is 9.77. The number of benzene rings is 1. The number of hydrogen-bond acceptors (Lipinski definition) is 2. The van der Waals surface area contributed by atoms with Crippen LogP contribution < -0.4 is 5.32 Å². The standard InChI is InChI=1S/C13H19NO2/c1-16-10-6-5-9-14-13(15)11-12-7-3-2-4-8-12/h2-4,7-8H,5-6,9-11H2,1H3,(H,14,15). The fraction of sp³-hybridized carbons (Fsp3) is 0.462. The summed E-state index contributed by atoms with van der Waals surface area (Å²) < 4.78 is 4.93. The van der Waals surface area contributed by atoms with Crippen LogP contribution in [0.1, 0.15) is 18.4 Å². The van der Waals surface area contributed by atoms with Gasteiger partial charge in [-0.3, -0.25) is 4.79 Å². The van der Waals surface area contributed by atoms with E-state index < -0.39 is 0 Å². The highest BCUT2D eigenvalue weighted by Gasteiger charge is 2.01. The normalized spacial score (nSPS) is 10.1. The van der Waals surface area contributed by atoms with E-state index in [2.05, 4.69) is 5.32 Å². The summed E-state index contributed by atoms with van der Waals surface area (Å²) in [7, 11) is 1.69. The van der Waals surface area contributed by atoms with Crippen LogP contribution in [0, 0.1) is 0 Å². The van der Waals surface area contributed by atoms with Gasteiger partial charge in [0.1, 0.15) is 0 Å². The van der Waals surface area contributed by atoms with Gasteiger partial charge in [-0.15, -0.1) is 0 Å². The number of carbonyl (C=O) groups excluding carboxylic acids is 1. The molecule has 1 aromatic carbocycles. The first kappa shape index (κ1) is 12.7. The van der Waals surface area contributed by atoms with Gasteiger partial charge in [-0.1, -0.05) is 30.3 Å². The van der Waals surface area contributed by atoms with Crippen molar-refractivity contribution in [3.05, 3.63) is 35.9 Å². The van der Waals surface area contributed by atoms with Crippen molar-refractivity contribution in [2.75, 3.05) is 20.3 Å². The van der Waals surface area contributed by atoms with Gasteiger partial charge in [0.05, 0.1) is 6.42 Å². The lowest BCUT2D eigenvalue weighted by molar-refractivity contribution is -0.120. The molecule has 0 radical (unpaired) electrons. The number of amides is 1. The lowest BCUT2D eigenvalue weighted by Crippen LogP contribution is -2.26. The predicted molar refractivity (Wildman–Crippen MR) is 64.3 cm³/mol. The number of ether oxygens (including phenoxy) is 1. The Morgan fingerprint density at radius 3 is 2.69 bits per heavy atom. The van der Waals surface area contributed by atoms with Gasteiger partial charge in [0.25, 0.3) is 0 Å². The van der Waals surface area contributed by atoms with Crippen LogP contribution in [0.2, 0.25) is 0 Å². The van der Waals surface area contributed by atoms with Crippen molar-refractivity contribution in [3.8, 4) is 0 Å². The second-order valence-corrected chi connectivity index (χ2v) is 3.71. The molecule has 0 unspecified atom stereocenters. The Hall–Kier alpha value is -1.35. The molecule has 0 aliphatic carbocycles. The summed E-state index contributed by atoms with van der Waals surface area (Å²) in [6.07, 6.45) is 2.42.